The van der Waals surface area contributed by atoms with Gasteiger partial charge in [0.2, 0.25) is 0 Å². The first kappa shape index (κ1) is 19.1. The summed E-state index contributed by atoms with van der Waals surface area (Å²) in [5.41, 5.74) is 0.990. The number of nitrogens with one attached hydrogen (secondary N) is 2. The maximum Gasteiger partial charge on any atom is 0.257 e. The quantitative estimate of drug-likeness (QED) is 0.792. The number of benzene rings is 1. The van der Waals surface area contributed by atoms with E-state index in [1.807, 2.05) is 0 Å². The van der Waals surface area contributed by atoms with Crippen LogP contribution in [0.2, 0.25) is 5.02 Å². The Balaban J connectivity index is 1.68. The molecule has 2 aromatic rings. The minimum Gasteiger partial charge on any atom is -0.495 e. The van der Waals surface area contributed by atoms with Crippen molar-refractivity contribution in [3.8, 4) is 5.75 Å². The molecule has 2 N–H and O–H groups in total. The number of rotatable bonds is 6. The molecule has 0 spiro atoms. The molecule has 2 amide bonds. The molecule has 2 heterocycles. The number of anilines is 1. The molecule has 8 heteroatoms. The Morgan fingerprint density at radius 2 is 2.04 bits per heavy atom. The number of methoxy groups -OCH3 is 1. The highest BCUT2D eigenvalue weighted by Gasteiger charge is 2.18. The first-order chi connectivity index (χ1) is 13.1. The number of nitrogens with zero attached hydrogens (tertiary/aromatic N) is 1. The second-order valence-corrected chi connectivity index (χ2v) is 6.54. The Labute approximate surface area is 162 Å². The van der Waals surface area contributed by atoms with Crippen LogP contribution in [-0.2, 0) is 4.74 Å². The molecule has 1 aromatic carbocycles. The molecule has 1 unspecified atom stereocenters. The number of hydrogen-bond acceptors (Lipinski definition) is 5. The Hall–Kier alpha value is -2.64. The predicted octanol–water partition coefficient (Wildman–Crippen LogP) is 2.90. The summed E-state index contributed by atoms with van der Waals surface area (Å²) in [6.45, 7) is 1.17. The Morgan fingerprint density at radius 1 is 1.26 bits per heavy atom. The van der Waals surface area contributed by atoms with Crippen LogP contribution >= 0.6 is 11.6 Å². The molecular formula is C19H20ClN3O4. The van der Waals surface area contributed by atoms with E-state index in [1.165, 1.54) is 25.6 Å². The zero-order valence-corrected chi connectivity index (χ0v) is 15.6. The molecule has 3 rings (SSSR count). The summed E-state index contributed by atoms with van der Waals surface area (Å²) >= 11 is 5.98. The van der Waals surface area contributed by atoms with Gasteiger partial charge in [-0.1, -0.05) is 11.6 Å². The van der Waals surface area contributed by atoms with E-state index in [4.69, 9.17) is 21.1 Å². The fourth-order valence-electron chi connectivity index (χ4n) is 2.77. The second kappa shape index (κ2) is 8.83. The van der Waals surface area contributed by atoms with Gasteiger partial charge in [0.25, 0.3) is 11.8 Å². The number of pyridine rings is 1. The molecule has 0 aliphatic carbocycles. The number of ether oxygens (including phenoxy) is 2. The van der Waals surface area contributed by atoms with Crippen molar-refractivity contribution < 1.29 is 19.1 Å². The van der Waals surface area contributed by atoms with Crippen LogP contribution < -0.4 is 15.4 Å². The van der Waals surface area contributed by atoms with Gasteiger partial charge in [-0.25, -0.2) is 0 Å². The highest BCUT2D eigenvalue weighted by molar-refractivity contribution is 6.31. The van der Waals surface area contributed by atoms with E-state index in [0.717, 1.165) is 19.4 Å². The lowest BCUT2D eigenvalue weighted by Gasteiger charge is -2.12. The van der Waals surface area contributed by atoms with Crippen molar-refractivity contribution >= 4 is 29.1 Å². The number of amides is 2. The second-order valence-electron chi connectivity index (χ2n) is 6.11. The number of carbonyl (C=O) groups is 2. The first-order valence-corrected chi connectivity index (χ1v) is 8.94. The van der Waals surface area contributed by atoms with Crippen molar-refractivity contribution in [3.63, 3.8) is 0 Å². The van der Waals surface area contributed by atoms with Crippen LogP contribution in [0.1, 0.15) is 33.6 Å². The molecule has 1 saturated heterocycles. The van der Waals surface area contributed by atoms with Gasteiger partial charge in [-0.05, 0) is 37.1 Å². The van der Waals surface area contributed by atoms with Crippen LogP contribution in [0.3, 0.4) is 0 Å². The van der Waals surface area contributed by atoms with E-state index in [0.29, 0.717) is 28.6 Å². The zero-order chi connectivity index (χ0) is 19.2. The molecule has 1 aliphatic heterocycles. The maximum atomic E-state index is 12.5. The summed E-state index contributed by atoms with van der Waals surface area (Å²) in [4.78, 5) is 28.8. The lowest BCUT2D eigenvalue weighted by molar-refractivity contribution is 0.0857. The average molecular weight is 390 g/mol. The predicted molar refractivity (Wildman–Crippen MR) is 102 cm³/mol. The Kier molecular flexibility index (Phi) is 6.26. The van der Waals surface area contributed by atoms with Crippen LogP contribution in [0.5, 0.6) is 5.75 Å². The molecule has 1 atom stereocenters. The molecule has 0 saturated carbocycles. The minimum atomic E-state index is -0.420. The van der Waals surface area contributed by atoms with E-state index in [9.17, 15) is 9.59 Å². The molecule has 1 aromatic heterocycles. The van der Waals surface area contributed by atoms with Crippen molar-refractivity contribution in [1.82, 2.24) is 10.3 Å². The van der Waals surface area contributed by atoms with Crippen molar-refractivity contribution in [2.75, 3.05) is 25.6 Å². The smallest absolute Gasteiger partial charge is 0.257 e. The first-order valence-electron chi connectivity index (χ1n) is 8.56. The van der Waals surface area contributed by atoms with Gasteiger partial charge in [0.05, 0.1) is 30.0 Å². The summed E-state index contributed by atoms with van der Waals surface area (Å²) in [6.07, 6.45) is 4.79. The molecule has 0 bridgehead atoms. The van der Waals surface area contributed by atoms with Crippen molar-refractivity contribution in [3.05, 3.63) is 52.8 Å². The highest BCUT2D eigenvalue weighted by Crippen LogP contribution is 2.28. The van der Waals surface area contributed by atoms with Gasteiger partial charge < -0.3 is 20.1 Å². The third kappa shape index (κ3) is 4.96. The van der Waals surface area contributed by atoms with Gasteiger partial charge in [0.1, 0.15) is 5.75 Å². The van der Waals surface area contributed by atoms with Crippen molar-refractivity contribution in [2.24, 2.45) is 0 Å². The van der Waals surface area contributed by atoms with Crippen molar-refractivity contribution in [1.29, 1.82) is 0 Å². The van der Waals surface area contributed by atoms with Crippen molar-refractivity contribution in [2.45, 2.75) is 18.9 Å². The standard InChI is InChI=1S/C19H20ClN3O4/c1-26-17-5-4-14(20)8-16(17)23-19(25)13-7-12(9-21-10-13)18(24)22-11-15-3-2-6-27-15/h4-5,7-10,15H,2-3,6,11H2,1H3,(H,22,24)(H,23,25). The number of carbonyl (C=O) groups excluding carboxylic acids is 2. The summed E-state index contributed by atoms with van der Waals surface area (Å²) < 4.78 is 10.7. The Morgan fingerprint density at radius 3 is 2.74 bits per heavy atom. The topological polar surface area (TPSA) is 89.5 Å². The minimum absolute atomic E-state index is 0.0451. The van der Waals surface area contributed by atoms with Crippen LogP contribution in [0.4, 0.5) is 5.69 Å². The van der Waals surface area contributed by atoms with E-state index < -0.39 is 5.91 Å². The number of aromatic nitrogens is 1. The SMILES string of the molecule is COc1ccc(Cl)cc1NC(=O)c1cncc(C(=O)NCC2CCCO2)c1. The zero-order valence-electron chi connectivity index (χ0n) is 14.8. The van der Waals surface area contributed by atoms with Gasteiger partial charge in [0.15, 0.2) is 0 Å². The van der Waals surface area contributed by atoms with Gasteiger partial charge in [-0.2, -0.15) is 0 Å². The van der Waals surface area contributed by atoms with E-state index in [2.05, 4.69) is 15.6 Å². The van der Waals surface area contributed by atoms with Crippen LogP contribution in [0.25, 0.3) is 0 Å². The monoisotopic (exact) mass is 389 g/mol. The fraction of sp³-hybridized carbons (Fsp3) is 0.316. The van der Waals surface area contributed by atoms with E-state index >= 15 is 0 Å². The molecule has 27 heavy (non-hydrogen) atoms. The number of halogens is 1. The van der Waals surface area contributed by atoms with Gasteiger partial charge in [-0.3, -0.25) is 14.6 Å². The fourth-order valence-corrected chi connectivity index (χ4v) is 2.95. The third-order valence-electron chi connectivity index (χ3n) is 4.19. The van der Waals surface area contributed by atoms with Crippen LogP contribution in [0, 0.1) is 0 Å². The average Bonchev–Trinajstić information content (AvgIpc) is 3.20. The highest BCUT2D eigenvalue weighted by atomic mass is 35.5. The summed E-state index contributed by atoms with van der Waals surface area (Å²) in [5.74, 6) is -0.240. The van der Waals surface area contributed by atoms with Crippen LogP contribution in [0.15, 0.2) is 36.7 Å². The lowest BCUT2D eigenvalue weighted by atomic mass is 10.1. The summed E-state index contributed by atoms with van der Waals surface area (Å²) in [6, 6.07) is 6.40. The van der Waals surface area contributed by atoms with Gasteiger partial charge in [-0.15, -0.1) is 0 Å². The third-order valence-corrected chi connectivity index (χ3v) is 4.42. The maximum absolute atomic E-state index is 12.5. The van der Waals surface area contributed by atoms with Gasteiger partial charge in [0, 0.05) is 30.6 Å². The molecule has 142 valence electrons. The molecular weight excluding hydrogens is 370 g/mol. The van der Waals surface area contributed by atoms with E-state index in [1.54, 1.807) is 18.2 Å². The molecule has 1 fully saturated rings. The van der Waals surface area contributed by atoms with E-state index in [-0.39, 0.29) is 17.6 Å². The normalized spacial score (nSPS) is 16.0. The van der Waals surface area contributed by atoms with Crippen LogP contribution in [-0.4, -0.2) is 43.2 Å². The molecule has 0 radical (unpaired) electrons. The van der Waals surface area contributed by atoms with Gasteiger partial charge >= 0.3 is 0 Å². The lowest BCUT2D eigenvalue weighted by Crippen LogP contribution is -2.32. The summed E-state index contributed by atoms with van der Waals surface area (Å²) in [7, 11) is 1.50. The number of hydrogen-bond donors (Lipinski definition) is 2. The molecule has 7 nitrogen and oxygen atoms in total. The molecule has 1 aliphatic rings. The largest absolute Gasteiger partial charge is 0.495 e. The Bertz CT molecular complexity index is 837. The summed E-state index contributed by atoms with van der Waals surface area (Å²) in [5, 5.41) is 6.00.